The average Bonchev–Trinajstić information content (AvgIpc) is 3.45. The average molecular weight is 1110 g/mol. The predicted octanol–water partition coefficient (Wildman–Crippen LogP) is 22.9. The van der Waals surface area contributed by atoms with Crippen molar-refractivity contribution in [1.82, 2.24) is 5.32 Å². The van der Waals surface area contributed by atoms with E-state index in [1.54, 1.807) is 0 Å². The maximum atomic E-state index is 12.5. The van der Waals surface area contributed by atoms with Crippen molar-refractivity contribution in [3.05, 3.63) is 48.6 Å². The lowest BCUT2D eigenvalue weighted by Crippen LogP contribution is -2.45. The van der Waals surface area contributed by atoms with E-state index in [1.165, 1.54) is 289 Å². The van der Waals surface area contributed by atoms with Crippen LogP contribution in [-0.4, -0.2) is 47.4 Å². The molecule has 0 aromatic carbocycles. The fourth-order valence-corrected chi connectivity index (χ4v) is 10.9. The molecule has 464 valence electrons. The standard InChI is InChI=1S/C73H137NO5/c1-3-5-7-9-11-13-15-42-47-51-55-59-63-67-73(78)79-68-64-60-56-52-48-44-41-39-37-35-33-31-29-27-25-23-21-19-17-18-20-22-24-26-28-30-32-34-36-38-40-43-46-50-54-58-62-66-72(77)74-70(69-75)71(76)65-61-57-53-49-45-16-14-12-10-8-6-4-2/h7,9,13,15,17,19,23,25,70-71,75-76H,3-6,8,10-12,14,16,18,20-22,24,26-69H2,1-2H3,(H,74,77)/b9-7-,15-13-,19-17-,25-23-. The number of aliphatic hydroxyl groups is 2. The minimum Gasteiger partial charge on any atom is -0.466 e. The third-order valence-electron chi connectivity index (χ3n) is 16.3. The highest BCUT2D eigenvalue weighted by atomic mass is 16.5. The first-order chi connectivity index (χ1) is 39.0. The summed E-state index contributed by atoms with van der Waals surface area (Å²) in [5, 5.41) is 23.3. The summed E-state index contributed by atoms with van der Waals surface area (Å²) in [4.78, 5) is 24.5. The molecular formula is C73H137NO5. The summed E-state index contributed by atoms with van der Waals surface area (Å²) in [5.41, 5.74) is 0. The monoisotopic (exact) mass is 1110 g/mol. The number of carbonyl (C=O) groups is 2. The largest absolute Gasteiger partial charge is 0.466 e. The number of hydrogen-bond donors (Lipinski definition) is 3. The van der Waals surface area contributed by atoms with Crippen LogP contribution < -0.4 is 5.32 Å². The van der Waals surface area contributed by atoms with Crippen LogP contribution in [-0.2, 0) is 14.3 Å². The highest BCUT2D eigenvalue weighted by Gasteiger charge is 2.20. The van der Waals surface area contributed by atoms with Crippen LogP contribution in [0, 0.1) is 0 Å². The van der Waals surface area contributed by atoms with Crippen molar-refractivity contribution in [3.8, 4) is 0 Å². The molecule has 0 aliphatic rings. The molecule has 0 rings (SSSR count). The van der Waals surface area contributed by atoms with Gasteiger partial charge in [0.05, 0.1) is 25.4 Å². The van der Waals surface area contributed by atoms with Crippen LogP contribution in [0.5, 0.6) is 0 Å². The first-order valence-corrected chi connectivity index (χ1v) is 35.4. The molecule has 0 spiro atoms. The van der Waals surface area contributed by atoms with E-state index in [4.69, 9.17) is 4.74 Å². The molecule has 2 atom stereocenters. The van der Waals surface area contributed by atoms with Gasteiger partial charge in [0.1, 0.15) is 0 Å². The van der Waals surface area contributed by atoms with E-state index in [-0.39, 0.29) is 18.5 Å². The number of hydrogen-bond acceptors (Lipinski definition) is 5. The smallest absolute Gasteiger partial charge is 0.305 e. The van der Waals surface area contributed by atoms with Gasteiger partial charge in [-0.3, -0.25) is 9.59 Å². The van der Waals surface area contributed by atoms with E-state index in [1.807, 2.05) is 0 Å². The van der Waals surface area contributed by atoms with Crippen molar-refractivity contribution in [2.45, 2.75) is 392 Å². The molecule has 0 aromatic heterocycles. The predicted molar refractivity (Wildman–Crippen MR) is 347 cm³/mol. The van der Waals surface area contributed by atoms with Crippen molar-refractivity contribution >= 4 is 11.9 Å². The maximum Gasteiger partial charge on any atom is 0.305 e. The second kappa shape index (κ2) is 68.3. The Morgan fingerprint density at radius 2 is 0.658 bits per heavy atom. The third-order valence-corrected chi connectivity index (χ3v) is 16.3. The zero-order valence-corrected chi connectivity index (χ0v) is 53.1. The summed E-state index contributed by atoms with van der Waals surface area (Å²) in [6.45, 7) is 4.90. The van der Waals surface area contributed by atoms with Gasteiger partial charge in [0.2, 0.25) is 5.91 Å². The van der Waals surface area contributed by atoms with Crippen LogP contribution in [0.25, 0.3) is 0 Å². The Morgan fingerprint density at radius 1 is 0.354 bits per heavy atom. The van der Waals surface area contributed by atoms with Crippen molar-refractivity contribution in [2.24, 2.45) is 0 Å². The van der Waals surface area contributed by atoms with Crippen LogP contribution in [0.3, 0.4) is 0 Å². The maximum absolute atomic E-state index is 12.5. The molecule has 0 saturated carbocycles. The van der Waals surface area contributed by atoms with E-state index in [0.717, 1.165) is 57.8 Å². The van der Waals surface area contributed by atoms with Gasteiger partial charge in [-0.1, -0.05) is 332 Å². The molecule has 1 amide bonds. The van der Waals surface area contributed by atoms with Crippen molar-refractivity contribution in [3.63, 3.8) is 0 Å². The molecule has 6 heteroatoms. The van der Waals surface area contributed by atoms with E-state index in [0.29, 0.717) is 25.9 Å². The summed E-state index contributed by atoms with van der Waals surface area (Å²) in [6.07, 6.45) is 88.9. The summed E-state index contributed by atoms with van der Waals surface area (Å²) < 4.78 is 5.47. The fourth-order valence-electron chi connectivity index (χ4n) is 10.9. The van der Waals surface area contributed by atoms with E-state index in [9.17, 15) is 19.8 Å². The first kappa shape index (κ1) is 76.8. The zero-order chi connectivity index (χ0) is 57.1. The van der Waals surface area contributed by atoms with Crippen LogP contribution in [0.1, 0.15) is 380 Å². The summed E-state index contributed by atoms with van der Waals surface area (Å²) >= 11 is 0. The Morgan fingerprint density at radius 3 is 1.01 bits per heavy atom. The number of esters is 1. The molecule has 0 saturated heterocycles. The number of unbranched alkanes of at least 4 members (excludes halogenated alkanes) is 47. The van der Waals surface area contributed by atoms with Gasteiger partial charge in [-0.2, -0.15) is 0 Å². The third kappa shape index (κ3) is 64.8. The highest BCUT2D eigenvalue weighted by molar-refractivity contribution is 5.76. The molecule has 6 nitrogen and oxygen atoms in total. The van der Waals surface area contributed by atoms with Gasteiger partial charge in [0, 0.05) is 12.8 Å². The normalized spacial score (nSPS) is 12.8. The first-order valence-electron chi connectivity index (χ1n) is 35.4. The van der Waals surface area contributed by atoms with Crippen molar-refractivity contribution in [2.75, 3.05) is 13.2 Å². The quantitative estimate of drug-likeness (QED) is 0.0320. The molecule has 0 aromatic rings. The Labute approximate surface area is 493 Å². The molecule has 0 aliphatic carbocycles. The van der Waals surface area contributed by atoms with Crippen LogP contribution in [0.4, 0.5) is 0 Å². The molecule has 0 heterocycles. The second-order valence-corrected chi connectivity index (χ2v) is 24.2. The summed E-state index contributed by atoms with van der Waals surface area (Å²) in [7, 11) is 0. The number of rotatable bonds is 66. The van der Waals surface area contributed by atoms with Crippen LogP contribution >= 0.6 is 0 Å². The number of carbonyl (C=O) groups excluding carboxylic acids is 2. The molecule has 0 aliphatic heterocycles. The van der Waals surface area contributed by atoms with Gasteiger partial charge in [-0.05, 0) is 83.5 Å². The van der Waals surface area contributed by atoms with Gasteiger partial charge in [-0.25, -0.2) is 0 Å². The molecule has 79 heavy (non-hydrogen) atoms. The Bertz CT molecular complexity index is 1320. The van der Waals surface area contributed by atoms with E-state index in [2.05, 4.69) is 67.8 Å². The summed E-state index contributed by atoms with van der Waals surface area (Å²) in [5.74, 6) is -0.0281. The lowest BCUT2D eigenvalue weighted by molar-refractivity contribution is -0.143. The number of aliphatic hydroxyl groups excluding tert-OH is 2. The molecule has 0 bridgehead atoms. The van der Waals surface area contributed by atoms with Crippen molar-refractivity contribution in [1.29, 1.82) is 0 Å². The Kier molecular flexibility index (Phi) is 66.4. The van der Waals surface area contributed by atoms with Gasteiger partial charge < -0.3 is 20.3 Å². The molecule has 3 N–H and O–H groups in total. The van der Waals surface area contributed by atoms with E-state index >= 15 is 0 Å². The lowest BCUT2D eigenvalue weighted by Gasteiger charge is -2.22. The number of nitrogens with one attached hydrogen (secondary N) is 1. The van der Waals surface area contributed by atoms with Gasteiger partial charge >= 0.3 is 5.97 Å². The van der Waals surface area contributed by atoms with Gasteiger partial charge in [0.15, 0.2) is 0 Å². The fraction of sp³-hybridized carbons (Fsp3) is 0.863. The molecule has 0 fully saturated rings. The minimum absolute atomic E-state index is 0.00325. The lowest BCUT2D eigenvalue weighted by atomic mass is 10.0. The topological polar surface area (TPSA) is 95.9 Å². The van der Waals surface area contributed by atoms with Gasteiger partial charge in [-0.15, -0.1) is 0 Å². The SMILES string of the molecule is CCC/C=C\C/C=C\CCCCCCCC(=O)OCCCCCCCCCCCCCCC/C=C\C/C=C\CCCCCCCCCCCCCCCCCCCC(=O)NC(CO)C(O)CCCCCCCCCCCCCC. The number of amides is 1. The van der Waals surface area contributed by atoms with Crippen LogP contribution in [0.2, 0.25) is 0 Å². The Balaban J connectivity index is 3.35. The molecule has 2 unspecified atom stereocenters. The van der Waals surface area contributed by atoms with Crippen molar-refractivity contribution < 1.29 is 24.5 Å². The second-order valence-electron chi connectivity index (χ2n) is 24.2. The highest BCUT2D eigenvalue weighted by Crippen LogP contribution is 2.18. The molecule has 0 radical (unpaired) electrons. The molecular weight excluding hydrogens is 971 g/mol. The number of ether oxygens (including phenoxy) is 1. The van der Waals surface area contributed by atoms with E-state index < -0.39 is 12.1 Å². The zero-order valence-electron chi connectivity index (χ0n) is 53.1. The van der Waals surface area contributed by atoms with Crippen LogP contribution in [0.15, 0.2) is 48.6 Å². The Hall–Kier alpha value is -2.18. The minimum atomic E-state index is -0.661. The summed E-state index contributed by atoms with van der Waals surface area (Å²) in [6, 6.07) is -0.538. The number of allylic oxidation sites excluding steroid dienone is 8. The van der Waals surface area contributed by atoms with Gasteiger partial charge in [0.25, 0.3) is 0 Å².